The molecule has 2 fully saturated rings. The zero-order chi connectivity index (χ0) is 34.3. The van der Waals surface area contributed by atoms with E-state index in [1.165, 1.54) is 12.8 Å². The van der Waals surface area contributed by atoms with Crippen molar-refractivity contribution in [3.63, 3.8) is 0 Å². The number of amides is 2. The van der Waals surface area contributed by atoms with E-state index in [0.29, 0.717) is 31.3 Å². The molecule has 6 atom stereocenters. The van der Waals surface area contributed by atoms with E-state index >= 15 is 0 Å². The van der Waals surface area contributed by atoms with E-state index in [0.717, 1.165) is 48.0 Å². The molecule has 1 aliphatic heterocycles. The molecule has 48 heavy (non-hydrogen) atoms. The van der Waals surface area contributed by atoms with E-state index in [9.17, 15) is 19.5 Å². The third-order valence-corrected chi connectivity index (χ3v) is 10.1. The van der Waals surface area contributed by atoms with Crippen LogP contribution >= 0.6 is 0 Å². The standard InChI is InChI=1S/C39H53N5O4/c1-39(2,3)43-38(48)34-20-28-14-7-8-15-29(28)24-44(34)25-36(46)30(19-26-11-5-4-6-12-26)21-35(45)33(22-37(40)47)41-23-31-18-17-27-13-9-10-16-32(27)42-31/h4-6,9-13,16-18,28-30,33-34,36,41,46H,7-8,14-15,19-25H2,1-3H3,(H2,40,47)(H,43,48)/t28-,29+,30+,33-,34-,36+/m0/s1. The van der Waals surface area contributed by atoms with Gasteiger partial charge >= 0.3 is 0 Å². The molecule has 5 rings (SSSR count). The van der Waals surface area contributed by atoms with Crippen molar-refractivity contribution in [1.82, 2.24) is 20.5 Å². The number of ketones is 1. The molecule has 1 aliphatic carbocycles. The molecule has 2 aliphatic rings. The lowest BCUT2D eigenvalue weighted by Gasteiger charge is -2.47. The summed E-state index contributed by atoms with van der Waals surface area (Å²) >= 11 is 0. The Bertz CT molecular complexity index is 1540. The second-order valence-electron chi connectivity index (χ2n) is 15.0. The van der Waals surface area contributed by atoms with Gasteiger partial charge in [0.1, 0.15) is 0 Å². The molecule has 9 heteroatoms. The van der Waals surface area contributed by atoms with Crippen LogP contribution in [0.3, 0.4) is 0 Å². The molecule has 2 heterocycles. The second kappa shape index (κ2) is 16.2. The summed E-state index contributed by atoms with van der Waals surface area (Å²) in [6, 6.07) is 20.4. The van der Waals surface area contributed by atoms with Crippen molar-refractivity contribution in [2.45, 2.75) is 102 Å². The number of carbonyl (C=O) groups is 3. The molecular weight excluding hydrogens is 602 g/mol. The Kier molecular flexibility index (Phi) is 12.0. The van der Waals surface area contributed by atoms with Crippen LogP contribution in [0.1, 0.15) is 77.0 Å². The number of nitrogens with one attached hydrogen (secondary N) is 2. The Morgan fingerprint density at radius 3 is 2.40 bits per heavy atom. The quantitative estimate of drug-likeness (QED) is 0.200. The first-order valence-corrected chi connectivity index (χ1v) is 17.6. The highest BCUT2D eigenvalue weighted by Gasteiger charge is 2.42. The van der Waals surface area contributed by atoms with E-state index < -0.39 is 24.0 Å². The van der Waals surface area contributed by atoms with Gasteiger partial charge in [-0.2, -0.15) is 0 Å². The van der Waals surface area contributed by atoms with Crippen LogP contribution in [0.4, 0.5) is 0 Å². The largest absolute Gasteiger partial charge is 0.391 e. The number of para-hydroxylation sites is 1. The number of fused-ring (bicyclic) bond motifs is 2. The summed E-state index contributed by atoms with van der Waals surface area (Å²) in [5.41, 5.74) is 7.87. The number of hydrogen-bond acceptors (Lipinski definition) is 7. The maximum atomic E-state index is 13.9. The Hall–Kier alpha value is -3.66. The Balaban J connectivity index is 1.33. The fourth-order valence-electron chi connectivity index (χ4n) is 7.61. The minimum atomic E-state index is -0.865. The average molecular weight is 656 g/mol. The topological polar surface area (TPSA) is 138 Å². The van der Waals surface area contributed by atoms with Crippen molar-refractivity contribution in [2.24, 2.45) is 23.5 Å². The Labute approximate surface area is 285 Å². The summed E-state index contributed by atoms with van der Waals surface area (Å²) in [4.78, 5) is 46.6. The summed E-state index contributed by atoms with van der Waals surface area (Å²) in [5.74, 6) is -0.152. The summed E-state index contributed by atoms with van der Waals surface area (Å²) < 4.78 is 0. The number of pyridine rings is 1. The number of primary amides is 1. The number of likely N-dealkylation sites (tertiary alicyclic amines) is 1. The third-order valence-electron chi connectivity index (χ3n) is 10.1. The zero-order valence-electron chi connectivity index (χ0n) is 28.7. The van der Waals surface area contributed by atoms with Crippen molar-refractivity contribution in [2.75, 3.05) is 13.1 Å². The SMILES string of the molecule is CC(C)(C)NC(=O)[C@@H]1C[C@@H]2CCCC[C@@H]2CN1C[C@@H](O)[C@@H](CC(=O)[C@H](CC(N)=O)NCc1ccc2ccccc2n1)Cc1ccccc1. The van der Waals surface area contributed by atoms with Crippen molar-refractivity contribution in [3.05, 3.63) is 78.0 Å². The van der Waals surface area contributed by atoms with Crippen LogP contribution in [0.2, 0.25) is 0 Å². The predicted octanol–water partition coefficient (Wildman–Crippen LogP) is 4.54. The van der Waals surface area contributed by atoms with Gasteiger partial charge in [-0.3, -0.25) is 24.3 Å². The molecule has 9 nitrogen and oxygen atoms in total. The molecule has 5 N–H and O–H groups in total. The number of aliphatic hydroxyl groups excluding tert-OH is 1. The summed E-state index contributed by atoms with van der Waals surface area (Å²) in [7, 11) is 0. The van der Waals surface area contributed by atoms with Gasteiger partial charge in [0.25, 0.3) is 0 Å². The molecule has 0 unspecified atom stereocenters. The first kappa shape index (κ1) is 35.6. The van der Waals surface area contributed by atoms with Crippen LogP contribution in [-0.4, -0.2) is 69.4 Å². The highest BCUT2D eigenvalue weighted by atomic mass is 16.3. The summed E-state index contributed by atoms with van der Waals surface area (Å²) in [6.45, 7) is 7.33. The molecule has 2 aromatic carbocycles. The monoisotopic (exact) mass is 655 g/mol. The number of rotatable bonds is 14. The first-order chi connectivity index (χ1) is 22.9. The van der Waals surface area contributed by atoms with Crippen LogP contribution in [0.15, 0.2) is 66.7 Å². The molecule has 1 aromatic heterocycles. The summed E-state index contributed by atoms with van der Waals surface area (Å²) in [6.07, 6.45) is 5.01. The molecule has 1 saturated heterocycles. The zero-order valence-corrected chi connectivity index (χ0v) is 28.7. The lowest BCUT2D eigenvalue weighted by molar-refractivity contribution is -0.133. The van der Waals surface area contributed by atoms with E-state index in [4.69, 9.17) is 10.7 Å². The van der Waals surface area contributed by atoms with Crippen molar-refractivity contribution in [1.29, 1.82) is 0 Å². The number of nitrogens with two attached hydrogens (primary N) is 1. The lowest BCUT2D eigenvalue weighted by Crippen LogP contribution is -2.59. The summed E-state index contributed by atoms with van der Waals surface area (Å²) in [5, 5.41) is 19.4. The van der Waals surface area contributed by atoms with Gasteiger partial charge in [-0.1, -0.05) is 73.9 Å². The number of aromatic nitrogens is 1. The molecule has 0 bridgehead atoms. The fourth-order valence-corrected chi connectivity index (χ4v) is 7.61. The molecule has 2 amide bonds. The minimum absolute atomic E-state index is 0.00225. The number of β-amino-alcohol motifs (C(OH)–C–C–N with tert-alkyl or cyclic N) is 1. The van der Waals surface area contributed by atoms with Crippen molar-refractivity contribution in [3.8, 4) is 0 Å². The highest BCUT2D eigenvalue weighted by molar-refractivity contribution is 5.89. The molecule has 1 saturated carbocycles. The Morgan fingerprint density at radius 1 is 0.958 bits per heavy atom. The smallest absolute Gasteiger partial charge is 0.237 e. The number of Topliss-reactive ketones (excluding diaryl/α,β-unsaturated/α-hetero) is 1. The van der Waals surface area contributed by atoms with Crippen molar-refractivity contribution < 1.29 is 19.5 Å². The molecule has 0 spiro atoms. The number of piperidine rings is 1. The van der Waals surface area contributed by atoms with Crippen LogP contribution in [0.5, 0.6) is 0 Å². The van der Waals surface area contributed by atoms with Gasteiger partial charge in [-0.05, 0) is 75.5 Å². The molecule has 258 valence electrons. The lowest BCUT2D eigenvalue weighted by atomic mass is 9.72. The highest BCUT2D eigenvalue weighted by Crippen LogP contribution is 2.39. The van der Waals surface area contributed by atoms with Gasteiger partial charge in [0.15, 0.2) is 5.78 Å². The molecule has 0 radical (unpaired) electrons. The van der Waals surface area contributed by atoms with Crippen LogP contribution < -0.4 is 16.4 Å². The number of benzene rings is 2. The maximum absolute atomic E-state index is 13.9. The average Bonchev–Trinajstić information content (AvgIpc) is 3.05. The second-order valence-corrected chi connectivity index (χ2v) is 15.0. The normalized spacial score (nSPS) is 22.0. The minimum Gasteiger partial charge on any atom is -0.391 e. The van der Waals surface area contributed by atoms with Gasteiger partial charge < -0.3 is 21.5 Å². The van der Waals surface area contributed by atoms with Gasteiger partial charge in [-0.25, -0.2) is 0 Å². The fraction of sp³-hybridized carbons (Fsp3) is 0.538. The van der Waals surface area contributed by atoms with Gasteiger partial charge in [0.05, 0.1) is 29.4 Å². The van der Waals surface area contributed by atoms with Crippen LogP contribution in [0, 0.1) is 17.8 Å². The third kappa shape index (κ3) is 9.94. The van der Waals surface area contributed by atoms with E-state index in [-0.39, 0.29) is 36.1 Å². The molecular formula is C39H53N5O4. The van der Waals surface area contributed by atoms with E-state index in [2.05, 4.69) is 15.5 Å². The van der Waals surface area contributed by atoms with E-state index in [1.54, 1.807) is 0 Å². The van der Waals surface area contributed by atoms with Crippen LogP contribution in [0.25, 0.3) is 10.9 Å². The number of hydrogen-bond donors (Lipinski definition) is 4. The first-order valence-electron chi connectivity index (χ1n) is 17.6. The van der Waals surface area contributed by atoms with E-state index in [1.807, 2.05) is 87.5 Å². The molecule has 3 aromatic rings. The predicted molar refractivity (Wildman–Crippen MR) is 189 cm³/mol. The maximum Gasteiger partial charge on any atom is 0.237 e. The number of nitrogens with zero attached hydrogens (tertiary/aromatic N) is 2. The number of aliphatic hydroxyl groups is 1. The number of carbonyl (C=O) groups excluding carboxylic acids is 3. The van der Waals surface area contributed by atoms with Gasteiger partial charge in [0, 0.05) is 43.4 Å². The van der Waals surface area contributed by atoms with Gasteiger partial charge in [0.2, 0.25) is 11.8 Å². The van der Waals surface area contributed by atoms with Gasteiger partial charge in [-0.15, -0.1) is 0 Å². The van der Waals surface area contributed by atoms with Crippen molar-refractivity contribution >= 4 is 28.5 Å². The van der Waals surface area contributed by atoms with Crippen LogP contribution in [-0.2, 0) is 27.3 Å². The Morgan fingerprint density at radius 2 is 1.67 bits per heavy atom.